The molecule has 4 aromatic rings. The summed E-state index contributed by atoms with van der Waals surface area (Å²) in [4.78, 5) is 33.9. The van der Waals surface area contributed by atoms with Gasteiger partial charge < -0.3 is 4.90 Å². The maximum atomic E-state index is 14.5. The third-order valence-electron chi connectivity index (χ3n) is 7.05. The fourth-order valence-corrected chi connectivity index (χ4v) is 5.06. The van der Waals surface area contributed by atoms with E-state index in [1.54, 1.807) is 39.1 Å². The Morgan fingerprint density at radius 3 is 2.42 bits per heavy atom. The summed E-state index contributed by atoms with van der Waals surface area (Å²) >= 11 is 0. The van der Waals surface area contributed by atoms with Crippen LogP contribution in [0.15, 0.2) is 91.0 Å². The second kappa shape index (κ2) is 11.5. The molecule has 3 amide bonds. The molecule has 40 heavy (non-hydrogen) atoms. The maximum absolute atomic E-state index is 14.5. The van der Waals surface area contributed by atoms with Crippen molar-refractivity contribution in [2.24, 2.45) is 0 Å². The molecule has 8 heteroatoms. The van der Waals surface area contributed by atoms with Crippen LogP contribution in [0.3, 0.4) is 0 Å². The van der Waals surface area contributed by atoms with Crippen molar-refractivity contribution in [2.75, 3.05) is 42.4 Å². The van der Waals surface area contributed by atoms with Gasteiger partial charge in [0.25, 0.3) is 5.91 Å². The quantitative estimate of drug-likeness (QED) is 0.299. The first kappa shape index (κ1) is 26.7. The van der Waals surface area contributed by atoms with Crippen LogP contribution in [0, 0.1) is 11.3 Å². The smallest absolute Gasteiger partial charge is 0.308 e. The molecule has 8 nitrogen and oxygen atoms in total. The Balaban J connectivity index is 1.58. The van der Waals surface area contributed by atoms with Crippen molar-refractivity contribution in [1.29, 1.82) is 5.26 Å². The average molecular weight is 533 g/mol. The summed E-state index contributed by atoms with van der Waals surface area (Å²) in [6.45, 7) is 2.96. The fraction of sp³-hybridized carbons (Fsp3) is 0.219. The number of amides is 3. The highest BCUT2D eigenvalue weighted by Crippen LogP contribution is 2.37. The van der Waals surface area contributed by atoms with Crippen LogP contribution in [0.5, 0.6) is 0 Å². The van der Waals surface area contributed by atoms with Crippen molar-refractivity contribution in [3.63, 3.8) is 0 Å². The molecule has 0 spiro atoms. The van der Waals surface area contributed by atoms with Crippen LogP contribution in [-0.2, 0) is 0 Å². The zero-order valence-electron chi connectivity index (χ0n) is 22.9. The largest absolute Gasteiger partial charge is 0.344 e. The molecular formula is C32H32N6O2. The summed E-state index contributed by atoms with van der Waals surface area (Å²) in [6, 6.07) is 30.1. The summed E-state index contributed by atoms with van der Waals surface area (Å²) < 4.78 is 0. The number of carbonyl (C=O) groups excluding carboxylic acids is 2. The number of likely N-dealkylation sites (N-methyl/N-ethyl adjacent to an activating group) is 1. The number of rotatable bonds is 7. The summed E-state index contributed by atoms with van der Waals surface area (Å²) in [6.07, 6.45) is -0.0328. The van der Waals surface area contributed by atoms with E-state index in [-0.39, 0.29) is 11.9 Å². The second-order valence-corrected chi connectivity index (χ2v) is 10.0. The lowest BCUT2D eigenvalue weighted by Gasteiger charge is -2.45. The number of benzene rings is 4. The normalized spacial score (nSPS) is 14.7. The van der Waals surface area contributed by atoms with E-state index in [9.17, 15) is 14.9 Å². The van der Waals surface area contributed by atoms with Gasteiger partial charge in [0.15, 0.2) is 0 Å². The molecule has 1 unspecified atom stereocenters. The molecule has 1 N–H and O–H groups in total. The first-order valence-corrected chi connectivity index (χ1v) is 13.3. The van der Waals surface area contributed by atoms with Gasteiger partial charge in [-0.2, -0.15) is 5.26 Å². The summed E-state index contributed by atoms with van der Waals surface area (Å²) in [7, 11) is 3.90. The van der Waals surface area contributed by atoms with Gasteiger partial charge in [0.05, 0.1) is 35.1 Å². The molecule has 0 fully saturated rings. The third-order valence-corrected chi connectivity index (χ3v) is 7.05. The number of hydrogen-bond acceptors (Lipinski definition) is 5. The van der Waals surface area contributed by atoms with E-state index < -0.39 is 6.17 Å². The Kier molecular flexibility index (Phi) is 7.67. The summed E-state index contributed by atoms with van der Waals surface area (Å²) in [5, 5.41) is 13.0. The SMILES string of the molecule is CCC1N(c2ccc3ccccc3c2)C(=O)c2ccccc2N1C(=O)N(CCN(C)C)Nc1cccc(C#N)c1. The number of hydrazine groups is 1. The molecule has 1 aliphatic heterocycles. The molecule has 0 aromatic heterocycles. The van der Waals surface area contributed by atoms with E-state index in [1.807, 2.05) is 92.6 Å². The first-order chi connectivity index (χ1) is 19.4. The van der Waals surface area contributed by atoms with Crippen molar-refractivity contribution < 1.29 is 9.59 Å². The minimum Gasteiger partial charge on any atom is -0.308 e. The van der Waals surface area contributed by atoms with Gasteiger partial charge in [-0.25, -0.2) is 9.80 Å². The van der Waals surface area contributed by atoms with Crippen LogP contribution in [-0.4, -0.2) is 55.2 Å². The number of fused-ring (bicyclic) bond motifs is 2. The number of urea groups is 1. The van der Waals surface area contributed by atoms with E-state index in [0.717, 1.165) is 16.5 Å². The molecule has 1 atom stereocenters. The number of nitrogens with zero attached hydrogens (tertiary/aromatic N) is 5. The van der Waals surface area contributed by atoms with E-state index in [1.165, 1.54) is 0 Å². The Hall–Kier alpha value is -4.87. The van der Waals surface area contributed by atoms with Gasteiger partial charge in [-0.3, -0.25) is 20.0 Å². The van der Waals surface area contributed by atoms with Gasteiger partial charge in [0.1, 0.15) is 6.17 Å². The van der Waals surface area contributed by atoms with Crippen LogP contribution >= 0.6 is 0 Å². The predicted octanol–water partition coefficient (Wildman–Crippen LogP) is 5.93. The monoisotopic (exact) mass is 532 g/mol. The summed E-state index contributed by atoms with van der Waals surface area (Å²) in [5.74, 6) is -0.142. The minimum absolute atomic E-state index is 0.142. The second-order valence-electron chi connectivity index (χ2n) is 10.0. The number of nitriles is 1. The Morgan fingerprint density at radius 2 is 1.68 bits per heavy atom. The Labute approximate surface area is 234 Å². The summed E-state index contributed by atoms with van der Waals surface area (Å²) in [5.41, 5.74) is 6.13. The van der Waals surface area contributed by atoms with Gasteiger partial charge in [-0.1, -0.05) is 55.5 Å². The van der Waals surface area contributed by atoms with Crippen LogP contribution in [0.1, 0.15) is 29.3 Å². The third kappa shape index (κ3) is 5.20. The molecule has 0 radical (unpaired) electrons. The maximum Gasteiger partial charge on any atom is 0.344 e. The fourth-order valence-electron chi connectivity index (χ4n) is 5.06. The highest BCUT2D eigenvalue weighted by Gasteiger charge is 2.42. The zero-order chi connectivity index (χ0) is 28.2. The molecular weight excluding hydrogens is 500 g/mol. The van der Waals surface area contributed by atoms with Crippen molar-refractivity contribution in [3.05, 3.63) is 102 Å². The molecule has 0 saturated carbocycles. The first-order valence-electron chi connectivity index (χ1n) is 13.3. The molecule has 1 heterocycles. The van der Waals surface area contributed by atoms with Crippen LogP contribution in [0.4, 0.5) is 21.9 Å². The number of nitrogens with one attached hydrogen (secondary N) is 1. The number of hydrogen-bond donors (Lipinski definition) is 1. The lowest BCUT2D eigenvalue weighted by molar-refractivity contribution is 0.0968. The Morgan fingerprint density at radius 1 is 0.925 bits per heavy atom. The number of para-hydroxylation sites is 1. The van der Waals surface area contributed by atoms with Crippen LogP contribution in [0.2, 0.25) is 0 Å². The van der Waals surface area contributed by atoms with E-state index >= 15 is 0 Å². The van der Waals surface area contributed by atoms with Crippen LogP contribution < -0.4 is 15.2 Å². The van der Waals surface area contributed by atoms with Gasteiger partial charge in [-0.15, -0.1) is 0 Å². The van der Waals surface area contributed by atoms with Crippen molar-refractivity contribution in [1.82, 2.24) is 9.91 Å². The molecule has 1 aliphatic rings. The average Bonchev–Trinajstić information content (AvgIpc) is 2.98. The lowest BCUT2D eigenvalue weighted by Crippen LogP contribution is -2.61. The van der Waals surface area contributed by atoms with E-state index in [4.69, 9.17) is 0 Å². The van der Waals surface area contributed by atoms with E-state index in [2.05, 4.69) is 11.5 Å². The van der Waals surface area contributed by atoms with E-state index in [0.29, 0.717) is 42.0 Å². The number of carbonyl (C=O) groups is 2. The van der Waals surface area contributed by atoms with Gasteiger partial charge in [0, 0.05) is 12.2 Å². The standard InChI is InChI=1S/C32H32N6O2/c1-4-30-37(27-17-16-24-11-5-6-12-25(24)21-27)31(39)28-14-7-8-15-29(28)38(30)32(40)36(19-18-35(2)3)34-26-13-9-10-23(20-26)22-33/h5-17,20-21,30,34H,4,18-19H2,1-3H3. The topological polar surface area (TPSA) is 82.9 Å². The highest BCUT2D eigenvalue weighted by atomic mass is 16.2. The van der Waals surface area contributed by atoms with Crippen molar-refractivity contribution in [2.45, 2.75) is 19.5 Å². The molecule has 202 valence electrons. The molecule has 0 aliphatic carbocycles. The molecule has 0 saturated heterocycles. The highest BCUT2D eigenvalue weighted by molar-refractivity contribution is 6.16. The predicted molar refractivity (Wildman–Crippen MR) is 159 cm³/mol. The van der Waals surface area contributed by atoms with Crippen molar-refractivity contribution in [3.8, 4) is 6.07 Å². The molecule has 4 aromatic carbocycles. The molecule has 0 bridgehead atoms. The zero-order valence-corrected chi connectivity index (χ0v) is 22.9. The van der Waals surface area contributed by atoms with Gasteiger partial charge in [0.2, 0.25) is 0 Å². The van der Waals surface area contributed by atoms with Crippen molar-refractivity contribution >= 4 is 39.8 Å². The van der Waals surface area contributed by atoms with Gasteiger partial charge >= 0.3 is 6.03 Å². The number of anilines is 3. The Bertz CT molecular complexity index is 1590. The lowest BCUT2D eigenvalue weighted by atomic mass is 10.0. The minimum atomic E-state index is -0.551. The van der Waals surface area contributed by atoms with Gasteiger partial charge in [-0.05, 0) is 73.8 Å². The molecule has 5 rings (SSSR count). The van der Waals surface area contributed by atoms with Crippen LogP contribution in [0.25, 0.3) is 10.8 Å².